The lowest BCUT2D eigenvalue weighted by atomic mass is 10.2. The first-order valence-electron chi connectivity index (χ1n) is 6.68. The average molecular weight is 378 g/mol. The van der Waals surface area contributed by atoms with E-state index < -0.39 is 45.7 Å². The van der Waals surface area contributed by atoms with Gasteiger partial charge in [-0.1, -0.05) is 20.3 Å². The van der Waals surface area contributed by atoms with Crippen LogP contribution in [-0.2, 0) is 18.1 Å². The van der Waals surface area contributed by atoms with Crippen LogP contribution in [0.4, 0.5) is 30.7 Å². The summed E-state index contributed by atoms with van der Waals surface area (Å²) in [4.78, 5) is 0. The second-order valence-corrected chi connectivity index (χ2v) is 6.08. The molecule has 0 radical (unpaired) electrons. The fourth-order valence-corrected chi connectivity index (χ4v) is 2.44. The zero-order valence-electron chi connectivity index (χ0n) is 12.5. The SMILES string of the molecule is CCCCOP(=O)(OCCC)OC(F)(F)C(F)(F)C(F)(F)CF. The quantitative estimate of drug-likeness (QED) is 0.266. The summed E-state index contributed by atoms with van der Waals surface area (Å²) in [6, 6.07) is 0. The molecule has 0 fully saturated rings. The van der Waals surface area contributed by atoms with Crippen LogP contribution in [-0.4, -0.2) is 37.8 Å². The first kappa shape index (κ1) is 22.6. The average Bonchev–Trinajstić information content (AvgIpc) is 2.44. The summed E-state index contributed by atoms with van der Waals surface area (Å²) in [7, 11) is -5.25. The van der Waals surface area contributed by atoms with Crippen molar-refractivity contribution in [3.8, 4) is 0 Å². The van der Waals surface area contributed by atoms with Crippen molar-refractivity contribution in [2.24, 2.45) is 0 Å². The molecule has 0 heterocycles. The Bertz CT molecular complexity index is 406. The molecule has 0 bridgehead atoms. The molecule has 12 heteroatoms. The Hall–Kier alpha value is -0.380. The number of hydrogen-bond acceptors (Lipinski definition) is 4. The Kier molecular flexibility index (Phi) is 8.50. The van der Waals surface area contributed by atoms with Gasteiger partial charge in [0.2, 0.25) is 0 Å². The monoisotopic (exact) mass is 378 g/mol. The van der Waals surface area contributed by atoms with Crippen LogP contribution in [0.15, 0.2) is 0 Å². The Labute approximate surface area is 128 Å². The summed E-state index contributed by atoms with van der Waals surface area (Å²) in [6.45, 7) is -0.841. The fourth-order valence-electron chi connectivity index (χ4n) is 1.11. The van der Waals surface area contributed by atoms with Crippen LogP contribution in [0.5, 0.6) is 0 Å². The predicted molar refractivity (Wildman–Crippen MR) is 66.6 cm³/mol. The third-order valence-corrected chi connectivity index (χ3v) is 3.87. The standard InChI is InChI=1S/C11H18F7O4P/c1-3-5-7-21-23(19,20-6-4-2)22-11(17,18)10(15,16)9(13,14)8-12/h3-8H2,1-2H3. The van der Waals surface area contributed by atoms with E-state index in [0.717, 1.165) is 0 Å². The molecule has 0 aliphatic carbocycles. The number of hydrogen-bond donors (Lipinski definition) is 0. The Morgan fingerprint density at radius 1 is 0.913 bits per heavy atom. The van der Waals surface area contributed by atoms with Gasteiger partial charge >= 0.3 is 25.8 Å². The molecule has 1 atom stereocenters. The zero-order valence-corrected chi connectivity index (χ0v) is 13.4. The van der Waals surface area contributed by atoms with Crippen LogP contribution < -0.4 is 0 Å². The van der Waals surface area contributed by atoms with Gasteiger partial charge in [-0.05, 0) is 12.8 Å². The van der Waals surface area contributed by atoms with Gasteiger partial charge in [-0.3, -0.25) is 9.05 Å². The normalized spacial score (nSPS) is 16.4. The van der Waals surface area contributed by atoms with E-state index in [0.29, 0.717) is 6.42 Å². The van der Waals surface area contributed by atoms with Gasteiger partial charge in [0.1, 0.15) is 0 Å². The van der Waals surface area contributed by atoms with Gasteiger partial charge in [-0.2, -0.15) is 26.3 Å². The van der Waals surface area contributed by atoms with Crippen LogP contribution in [0.2, 0.25) is 0 Å². The van der Waals surface area contributed by atoms with Crippen molar-refractivity contribution in [2.75, 3.05) is 19.9 Å². The lowest BCUT2D eigenvalue weighted by molar-refractivity contribution is -0.377. The maximum atomic E-state index is 13.4. The molecule has 0 spiro atoms. The van der Waals surface area contributed by atoms with Crippen LogP contribution >= 0.6 is 7.82 Å². The van der Waals surface area contributed by atoms with Gasteiger partial charge in [0.25, 0.3) is 0 Å². The third kappa shape index (κ3) is 5.88. The van der Waals surface area contributed by atoms with E-state index in [2.05, 4.69) is 13.6 Å². The van der Waals surface area contributed by atoms with E-state index in [-0.39, 0.29) is 12.8 Å². The second kappa shape index (κ2) is 8.64. The van der Waals surface area contributed by atoms with Crippen molar-refractivity contribution in [3.63, 3.8) is 0 Å². The van der Waals surface area contributed by atoms with Crippen LogP contribution in [0, 0.1) is 0 Å². The van der Waals surface area contributed by atoms with Crippen molar-refractivity contribution in [1.82, 2.24) is 0 Å². The highest BCUT2D eigenvalue weighted by Gasteiger charge is 2.75. The number of halogens is 7. The minimum absolute atomic E-state index is 0.132. The van der Waals surface area contributed by atoms with Crippen molar-refractivity contribution in [3.05, 3.63) is 0 Å². The molecule has 0 aliphatic heterocycles. The van der Waals surface area contributed by atoms with Gasteiger partial charge in [0, 0.05) is 0 Å². The van der Waals surface area contributed by atoms with Crippen molar-refractivity contribution >= 4 is 7.82 Å². The molecular formula is C11H18F7O4P. The van der Waals surface area contributed by atoms with Crippen LogP contribution in [0.3, 0.4) is 0 Å². The van der Waals surface area contributed by atoms with Gasteiger partial charge in [0.15, 0.2) is 6.67 Å². The summed E-state index contributed by atoms with van der Waals surface area (Å²) < 4.78 is 114. The largest absolute Gasteiger partial charge is 0.479 e. The molecule has 0 rings (SSSR count). The summed E-state index contributed by atoms with van der Waals surface area (Å²) >= 11 is 0. The number of unbranched alkanes of at least 4 members (excludes halogenated alkanes) is 1. The molecule has 0 aromatic heterocycles. The van der Waals surface area contributed by atoms with Crippen molar-refractivity contribution in [2.45, 2.75) is 51.1 Å². The molecule has 0 aromatic carbocycles. The molecule has 0 saturated carbocycles. The maximum absolute atomic E-state index is 13.4. The Morgan fingerprint density at radius 2 is 1.43 bits per heavy atom. The Morgan fingerprint density at radius 3 is 1.87 bits per heavy atom. The molecular weight excluding hydrogens is 360 g/mol. The summed E-state index contributed by atoms with van der Waals surface area (Å²) in [5, 5.41) is 0. The van der Waals surface area contributed by atoms with E-state index in [9.17, 15) is 35.3 Å². The van der Waals surface area contributed by atoms with E-state index in [1.807, 2.05) is 0 Å². The van der Waals surface area contributed by atoms with Crippen molar-refractivity contribution in [1.29, 1.82) is 0 Å². The second-order valence-electron chi connectivity index (χ2n) is 4.49. The Balaban J connectivity index is 5.32. The molecule has 23 heavy (non-hydrogen) atoms. The molecule has 0 saturated heterocycles. The highest BCUT2D eigenvalue weighted by molar-refractivity contribution is 7.48. The zero-order chi connectivity index (χ0) is 18.4. The molecule has 0 amide bonds. The number of phosphoric acid groups is 1. The van der Waals surface area contributed by atoms with E-state index in [1.54, 1.807) is 6.92 Å². The van der Waals surface area contributed by atoms with Crippen LogP contribution in [0.25, 0.3) is 0 Å². The number of rotatable bonds is 12. The first-order chi connectivity index (χ1) is 10.4. The van der Waals surface area contributed by atoms with Crippen LogP contribution in [0.1, 0.15) is 33.1 Å². The summed E-state index contributed by atoms with van der Waals surface area (Å²) in [6.07, 6.45) is -5.17. The van der Waals surface area contributed by atoms with Gasteiger partial charge in [0.05, 0.1) is 13.2 Å². The molecule has 4 nitrogen and oxygen atoms in total. The highest BCUT2D eigenvalue weighted by Crippen LogP contribution is 2.58. The smallest absolute Gasteiger partial charge is 0.287 e. The summed E-state index contributed by atoms with van der Waals surface area (Å²) in [5.74, 6) is -12.0. The maximum Gasteiger partial charge on any atom is 0.479 e. The van der Waals surface area contributed by atoms with E-state index in [1.165, 1.54) is 6.92 Å². The lowest BCUT2D eigenvalue weighted by Gasteiger charge is -2.32. The third-order valence-electron chi connectivity index (χ3n) is 2.42. The molecule has 0 aliphatic rings. The predicted octanol–water partition coefficient (Wildman–Crippen LogP) is 5.19. The minimum atomic E-state index is -6.26. The minimum Gasteiger partial charge on any atom is -0.287 e. The van der Waals surface area contributed by atoms with Gasteiger partial charge in [-0.25, -0.2) is 13.5 Å². The highest BCUT2D eigenvalue weighted by atomic mass is 31.2. The molecule has 0 aromatic rings. The molecule has 0 N–H and O–H groups in total. The van der Waals surface area contributed by atoms with Crippen molar-refractivity contribution < 1.29 is 48.9 Å². The van der Waals surface area contributed by atoms with Gasteiger partial charge < -0.3 is 0 Å². The molecule has 140 valence electrons. The molecule has 1 unspecified atom stereocenters. The lowest BCUT2D eigenvalue weighted by Crippen LogP contribution is -2.56. The van der Waals surface area contributed by atoms with E-state index in [4.69, 9.17) is 0 Å². The number of phosphoric ester groups is 1. The fraction of sp³-hybridized carbons (Fsp3) is 1.00. The van der Waals surface area contributed by atoms with Gasteiger partial charge in [-0.15, -0.1) is 0 Å². The summed E-state index contributed by atoms with van der Waals surface area (Å²) in [5.41, 5.74) is 0. The number of alkyl halides is 7. The topological polar surface area (TPSA) is 44.8 Å². The first-order valence-corrected chi connectivity index (χ1v) is 8.14. The van der Waals surface area contributed by atoms with E-state index >= 15 is 0 Å².